The molecule has 4 heteroatoms. The minimum Gasteiger partial charge on any atom is -0.429 e. The molecule has 0 unspecified atom stereocenters. The Morgan fingerprint density at radius 2 is 2.13 bits per heavy atom. The van der Waals surface area contributed by atoms with E-state index in [1.165, 1.54) is 12.1 Å². The Bertz CT molecular complexity index is 568. The number of aryl methyl sites for hydroxylation is 1. The molecule has 4 nitrogen and oxygen atoms in total. The fourth-order valence-corrected chi connectivity index (χ4v) is 1.43. The van der Waals surface area contributed by atoms with E-state index in [2.05, 4.69) is 4.74 Å². The van der Waals surface area contributed by atoms with Gasteiger partial charge in [-0.1, -0.05) is 0 Å². The predicted octanol–water partition coefficient (Wildman–Crippen LogP) is 1.64. The van der Waals surface area contributed by atoms with Gasteiger partial charge in [-0.05, 0) is 24.6 Å². The number of hydrogen-bond donors (Lipinski definition) is 0. The molecule has 0 amide bonds. The lowest BCUT2D eigenvalue weighted by Gasteiger charge is -2.01. The largest absolute Gasteiger partial charge is 0.429 e. The van der Waals surface area contributed by atoms with E-state index in [1.807, 2.05) is 6.92 Å². The summed E-state index contributed by atoms with van der Waals surface area (Å²) in [5.41, 5.74) is 0.835. The van der Waals surface area contributed by atoms with Crippen molar-refractivity contribution < 1.29 is 13.9 Å². The van der Waals surface area contributed by atoms with Crippen LogP contribution in [0.5, 0.6) is 5.75 Å². The fourth-order valence-electron chi connectivity index (χ4n) is 1.43. The molecule has 2 aromatic rings. The highest BCUT2D eigenvalue weighted by Gasteiger charge is 2.03. The Morgan fingerprint density at radius 1 is 1.33 bits per heavy atom. The zero-order valence-electron chi connectivity index (χ0n) is 8.02. The number of hydrogen-bond acceptors (Lipinski definition) is 4. The molecule has 1 aromatic heterocycles. The van der Waals surface area contributed by atoms with E-state index in [0.717, 1.165) is 10.9 Å². The van der Waals surface area contributed by atoms with Crippen LogP contribution in [0.1, 0.15) is 5.56 Å². The van der Waals surface area contributed by atoms with Crippen LogP contribution < -0.4 is 10.4 Å². The molecule has 15 heavy (non-hydrogen) atoms. The fraction of sp³-hybridized carbons (Fsp3) is 0.0909. The molecule has 0 bridgehead atoms. The summed E-state index contributed by atoms with van der Waals surface area (Å²) in [6.07, 6.45) is 0. The van der Waals surface area contributed by atoms with Gasteiger partial charge in [-0.15, -0.1) is 0 Å². The summed E-state index contributed by atoms with van der Waals surface area (Å²) in [5, 5.41) is 0.827. The second kappa shape index (κ2) is 3.57. The predicted molar refractivity (Wildman–Crippen MR) is 53.9 cm³/mol. The number of carbonyl (C=O) groups is 1. The topological polar surface area (TPSA) is 56.5 Å². The summed E-state index contributed by atoms with van der Waals surface area (Å²) in [5.74, 6) is 0.353. The van der Waals surface area contributed by atoms with Crippen molar-refractivity contribution in [3.63, 3.8) is 0 Å². The summed E-state index contributed by atoms with van der Waals surface area (Å²) in [7, 11) is 0. The molecule has 0 radical (unpaired) electrons. The van der Waals surface area contributed by atoms with Crippen LogP contribution in [0.15, 0.2) is 33.5 Å². The number of ether oxygens (including phenoxy) is 1. The highest BCUT2D eigenvalue weighted by Crippen LogP contribution is 2.21. The van der Waals surface area contributed by atoms with E-state index in [0.29, 0.717) is 17.8 Å². The molecule has 0 aliphatic rings. The Morgan fingerprint density at radius 3 is 2.87 bits per heavy atom. The maximum absolute atomic E-state index is 11.1. The maximum atomic E-state index is 11.1. The average Bonchev–Trinajstić information content (AvgIpc) is 2.17. The summed E-state index contributed by atoms with van der Waals surface area (Å²) in [6.45, 7) is 2.15. The van der Waals surface area contributed by atoms with E-state index in [9.17, 15) is 9.59 Å². The molecule has 0 spiro atoms. The van der Waals surface area contributed by atoms with Crippen molar-refractivity contribution in [1.82, 2.24) is 0 Å². The van der Waals surface area contributed by atoms with E-state index in [-0.39, 0.29) is 0 Å². The first-order valence-electron chi connectivity index (χ1n) is 4.35. The number of carbonyl (C=O) groups excluding carboxylic acids is 1. The second-order valence-electron chi connectivity index (χ2n) is 3.12. The zero-order chi connectivity index (χ0) is 10.8. The molecule has 0 saturated heterocycles. The van der Waals surface area contributed by atoms with E-state index >= 15 is 0 Å². The number of rotatable bonds is 2. The Kier molecular flexibility index (Phi) is 2.25. The van der Waals surface area contributed by atoms with E-state index in [1.54, 1.807) is 12.1 Å². The van der Waals surface area contributed by atoms with Crippen LogP contribution in [0, 0.1) is 6.92 Å². The van der Waals surface area contributed by atoms with Crippen LogP contribution in [0.25, 0.3) is 11.0 Å². The normalized spacial score (nSPS) is 10.2. The van der Waals surface area contributed by atoms with Gasteiger partial charge in [0.15, 0.2) is 0 Å². The molecule has 0 atom stereocenters. The highest BCUT2D eigenvalue weighted by molar-refractivity contribution is 5.81. The summed E-state index contributed by atoms with van der Waals surface area (Å²) in [4.78, 5) is 21.2. The monoisotopic (exact) mass is 204 g/mol. The summed E-state index contributed by atoms with van der Waals surface area (Å²) in [6, 6.07) is 6.32. The molecule has 0 N–H and O–H groups in total. The molecule has 0 aliphatic heterocycles. The van der Waals surface area contributed by atoms with E-state index < -0.39 is 5.63 Å². The second-order valence-corrected chi connectivity index (χ2v) is 3.12. The standard InChI is InChI=1S/C11H8O4/c1-7-4-11(13)15-10-5-8(14-6-12)2-3-9(7)10/h2-6H,1H3. The van der Waals surface area contributed by atoms with Gasteiger partial charge in [0, 0.05) is 17.5 Å². The number of fused-ring (bicyclic) bond motifs is 1. The first-order valence-corrected chi connectivity index (χ1v) is 4.35. The third-order valence-corrected chi connectivity index (χ3v) is 2.11. The lowest BCUT2D eigenvalue weighted by molar-refractivity contribution is -0.120. The molecule has 2 rings (SSSR count). The van der Waals surface area contributed by atoms with Gasteiger partial charge in [-0.25, -0.2) is 4.79 Å². The van der Waals surface area contributed by atoms with Gasteiger partial charge in [-0.2, -0.15) is 0 Å². The molecular formula is C11H8O4. The lowest BCUT2D eigenvalue weighted by Crippen LogP contribution is -1.98. The molecular weight excluding hydrogens is 196 g/mol. The minimum absolute atomic E-state index is 0.328. The first kappa shape index (κ1) is 9.45. The van der Waals surface area contributed by atoms with Crippen LogP contribution in [0.4, 0.5) is 0 Å². The van der Waals surface area contributed by atoms with Crippen molar-refractivity contribution >= 4 is 17.4 Å². The van der Waals surface area contributed by atoms with Gasteiger partial charge in [0.25, 0.3) is 6.47 Å². The van der Waals surface area contributed by atoms with Crippen molar-refractivity contribution in [1.29, 1.82) is 0 Å². The summed E-state index contributed by atoms with van der Waals surface area (Å²) >= 11 is 0. The quantitative estimate of drug-likeness (QED) is 0.551. The third-order valence-electron chi connectivity index (χ3n) is 2.11. The van der Waals surface area contributed by atoms with Gasteiger partial charge < -0.3 is 9.15 Å². The lowest BCUT2D eigenvalue weighted by atomic mass is 10.1. The highest BCUT2D eigenvalue weighted by atomic mass is 16.5. The minimum atomic E-state index is -0.414. The van der Waals surface area contributed by atoms with Crippen LogP contribution >= 0.6 is 0 Å². The van der Waals surface area contributed by atoms with Crippen LogP contribution in [-0.4, -0.2) is 6.47 Å². The van der Waals surface area contributed by atoms with Crippen molar-refractivity contribution in [2.75, 3.05) is 0 Å². The SMILES string of the molecule is Cc1cc(=O)oc2cc(OC=O)ccc12. The third kappa shape index (κ3) is 1.74. The van der Waals surface area contributed by atoms with Gasteiger partial charge in [0.2, 0.25) is 0 Å². The van der Waals surface area contributed by atoms with Crippen molar-refractivity contribution in [3.8, 4) is 5.75 Å². The zero-order valence-corrected chi connectivity index (χ0v) is 8.02. The van der Waals surface area contributed by atoms with Crippen LogP contribution in [0.3, 0.4) is 0 Å². The van der Waals surface area contributed by atoms with Crippen LogP contribution in [0.2, 0.25) is 0 Å². The molecule has 0 aliphatic carbocycles. The molecule has 76 valence electrons. The van der Waals surface area contributed by atoms with Crippen LogP contribution in [-0.2, 0) is 4.79 Å². The maximum Gasteiger partial charge on any atom is 0.336 e. The Hall–Kier alpha value is -2.10. The Labute approximate surface area is 85.1 Å². The van der Waals surface area contributed by atoms with Crippen molar-refractivity contribution in [2.24, 2.45) is 0 Å². The molecule has 0 fully saturated rings. The Balaban J connectivity index is 2.70. The number of benzene rings is 1. The van der Waals surface area contributed by atoms with Gasteiger partial charge in [0.1, 0.15) is 11.3 Å². The first-order chi connectivity index (χ1) is 7.20. The molecule has 1 aromatic carbocycles. The van der Waals surface area contributed by atoms with Crippen molar-refractivity contribution in [2.45, 2.75) is 6.92 Å². The average molecular weight is 204 g/mol. The van der Waals surface area contributed by atoms with Gasteiger partial charge in [0.05, 0.1) is 0 Å². The van der Waals surface area contributed by atoms with E-state index in [4.69, 9.17) is 4.42 Å². The van der Waals surface area contributed by atoms with Crippen molar-refractivity contribution in [3.05, 3.63) is 40.2 Å². The molecule has 0 saturated carbocycles. The summed E-state index contributed by atoms with van der Waals surface area (Å²) < 4.78 is 9.63. The van der Waals surface area contributed by atoms with Gasteiger partial charge in [-0.3, -0.25) is 4.79 Å². The van der Waals surface area contributed by atoms with Gasteiger partial charge >= 0.3 is 5.63 Å². The molecule has 1 heterocycles. The smallest absolute Gasteiger partial charge is 0.336 e.